The van der Waals surface area contributed by atoms with E-state index in [2.05, 4.69) is 20.4 Å². The van der Waals surface area contributed by atoms with Gasteiger partial charge in [-0.1, -0.05) is 12.1 Å². The highest BCUT2D eigenvalue weighted by Gasteiger charge is 2.21. The quantitative estimate of drug-likeness (QED) is 0.464. The van der Waals surface area contributed by atoms with E-state index in [-0.39, 0.29) is 6.03 Å². The molecule has 0 bridgehead atoms. The maximum atomic E-state index is 12.5. The molecule has 11 nitrogen and oxygen atoms in total. The van der Waals surface area contributed by atoms with Gasteiger partial charge in [-0.3, -0.25) is 0 Å². The number of nitrogens with one attached hydrogen (secondary N) is 2. The second kappa shape index (κ2) is 11.5. The topological polar surface area (TPSA) is 125 Å². The van der Waals surface area contributed by atoms with E-state index >= 15 is 0 Å². The molecule has 3 heterocycles. The van der Waals surface area contributed by atoms with Gasteiger partial charge in [0.25, 0.3) is 0 Å². The molecule has 3 N–H and O–H groups in total. The first-order valence-electron chi connectivity index (χ1n) is 12.4. The van der Waals surface area contributed by atoms with Gasteiger partial charge in [0.15, 0.2) is 5.82 Å². The Morgan fingerprint density at radius 3 is 1.70 bits per heavy atom. The molecule has 1 atom stereocenters. The highest BCUT2D eigenvalue weighted by atomic mass is 16.5. The number of aromatic nitrogens is 3. The van der Waals surface area contributed by atoms with Gasteiger partial charge in [-0.25, -0.2) is 4.79 Å². The summed E-state index contributed by atoms with van der Waals surface area (Å²) in [7, 11) is 0. The lowest BCUT2D eigenvalue weighted by Gasteiger charge is -2.30. The van der Waals surface area contributed by atoms with Gasteiger partial charge in [0.05, 0.1) is 32.5 Å². The van der Waals surface area contributed by atoms with Crippen LogP contribution in [0.5, 0.6) is 0 Å². The van der Waals surface area contributed by atoms with E-state index in [1.54, 1.807) is 31.2 Å². The summed E-state index contributed by atoms with van der Waals surface area (Å²) in [5.74, 6) is 1.85. The molecule has 0 saturated carbocycles. The first kappa shape index (κ1) is 24.9. The van der Waals surface area contributed by atoms with Crippen molar-refractivity contribution in [3.05, 3.63) is 54.1 Å². The third kappa shape index (κ3) is 6.31. The molecule has 2 fully saturated rings. The zero-order valence-corrected chi connectivity index (χ0v) is 20.8. The fourth-order valence-electron chi connectivity index (χ4n) is 4.13. The maximum absolute atomic E-state index is 12.5. The monoisotopic (exact) mass is 505 g/mol. The summed E-state index contributed by atoms with van der Waals surface area (Å²) in [6, 6.07) is 14.1. The molecule has 37 heavy (non-hydrogen) atoms. The zero-order valence-electron chi connectivity index (χ0n) is 20.8. The van der Waals surface area contributed by atoms with Crippen LogP contribution >= 0.6 is 0 Å². The highest BCUT2D eigenvalue weighted by Crippen LogP contribution is 2.24. The van der Waals surface area contributed by atoms with Crippen molar-refractivity contribution >= 4 is 29.3 Å². The second-order valence-corrected chi connectivity index (χ2v) is 8.91. The summed E-state index contributed by atoms with van der Waals surface area (Å²) in [5, 5.41) is 15.3. The molecule has 0 radical (unpaired) electrons. The first-order valence-corrected chi connectivity index (χ1v) is 12.4. The minimum absolute atomic E-state index is 0.359. The lowest BCUT2D eigenvalue weighted by Crippen LogP contribution is -2.40. The summed E-state index contributed by atoms with van der Waals surface area (Å²) in [6.45, 7) is 7.17. The first-order chi connectivity index (χ1) is 18.0. The standard InChI is InChI=1S/C26H31N7O4/c1-18(34)19-2-6-21(7-3-19)27-26(35)28-22-8-4-20(5-9-22)23-29-24(32-10-14-36-15-11-32)31-25(30-23)33-12-16-37-17-13-33/h2-9,18,34H,10-17H2,1H3,(H2,27,28,35). The Morgan fingerprint density at radius 1 is 0.784 bits per heavy atom. The number of amides is 2. The number of urea groups is 1. The molecule has 0 aliphatic carbocycles. The number of ether oxygens (including phenoxy) is 2. The molecule has 2 amide bonds. The zero-order chi connectivity index (χ0) is 25.6. The van der Waals surface area contributed by atoms with E-state index in [9.17, 15) is 9.90 Å². The number of hydrogen-bond acceptors (Lipinski definition) is 9. The van der Waals surface area contributed by atoms with Crippen LogP contribution in [-0.4, -0.2) is 78.7 Å². The van der Waals surface area contributed by atoms with Crippen molar-refractivity contribution in [1.29, 1.82) is 0 Å². The third-order valence-electron chi connectivity index (χ3n) is 6.25. The van der Waals surface area contributed by atoms with Crippen LogP contribution < -0.4 is 20.4 Å². The van der Waals surface area contributed by atoms with E-state index in [4.69, 9.17) is 24.4 Å². The summed E-state index contributed by atoms with van der Waals surface area (Å²) in [6.07, 6.45) is -0.555. The fourth-order valence-corrected chi connectivity index (χ4v) is 4.13. The average Bonchev–Trinajstić information content (AvgIpc) is 2.94. The number of hydrogen-bond donors (Lipinski definition) is 3. The van der Waals surface area contributed by atoms with Gasteiger partial charge in [-0.2, -0.15) is 15.0 Å². The fraction of sp³-hybridized carbons (Fsp3) is 0.385. The summed E-state index contributed by atoms with van der Waals surface area (Å²) in [4.78, 5) is 31.0. The van der Waals surface area contributed by atoms with Crippen LogP contribution in [0.25, 0.3) is 11.4 Å². The van der Waals surface area contributed by atoms with E-state index < -0.39 is 6.10 Å². The molecule has 194 valence electrons. The van der Waals surface area contributed by atoms with Crippen LogP contribution in [0.2, 0.25) is 0 Å². The normalized spacial score (nSPS) is 16.8. The molecule has 3 aromatic rings. The Hall–Kier alpha value is -3.80. The Labute approximate surface area is 215 Å². The van der Waals surface area contributed by atoms with E-state index in [1.165, 1.54) is 0 Å². The van der Waals surface area contributed by atoms with Crippen molar-refractivity contribution in [2.45, 2.75) is 13.0 Å². The average molecular weight is 506 g/mol. The van der Waals surface area contributed by atoms with E-state index in [0.717, 1.165) is 37.3 Å². The number of rotatable bonds is 6. The predicted molar refractivity (Wildman–Crippen MR) is 141 cm³/mol. The predicted octanol–water partition coefficient (Wildman–Crippen LogP) is 2.91. The van der Waals surface area contributed by atoms with Crippen LogP contribution in [0, 0.1) is 0 Å². The third-order valence-corrected chi connectivity index (χ3v) is 6.25. The maximum Gasteiger partial charge on any atom is 0.323 e. The number of carbonyl (C=O) groups excluding carboxylic acids is 1. The SMILES string of the molecule is CC(O)c1ccc(NC(=O)Nc2ccc(-c3nc(N4CCOCC4)nc(N4CCOCC4)n3)cc2)cc1. The number of anilines is 4. The number of nitrogens with zero attached hydrogens (tertiary/aromatic N) is 5. The molecular weight excluding hydrogens is 474 g/mol. The molecule has 1 unspecified atom stereocenters. The summed E-state index contributed by atoms with van der Waals surface area (Å²) in [5.41, 5.74) is 2.88. The van der Waals surface area contributed by atoms with Crippen LogP contribution in [-0.2, 0) is 9.47 Å². The van der Waals surface area contributed by atoms with Crippen molar-refractivity contribution in [3.63, 3.8) is 0 Å². The molecular formula is C26H31N7O4. The number of carbonyl (C=O) groups is 1. The number of benzene rings is 2. The molecule has 11 heteroatoms. The van der Waals surface area contributed by atoms with Gasteiger partial charge >= 0.3 is 6.03 Å². The minimum atomic E-state index is -0.555. The van der Waals surface area contributed by atoms with Crippen molar-refractivity contribution in [3.8, 4) is 11.4 Å². The Kier molecular flexibility index (Phi) is 7.73. The smallest absolute Gasteiger partial charge is 0.323 e. The largest absolute Gasteiger partial charge is 0.389 e. The van der Waals surface area contributed by atoms with Crippen molar-refractivity contribution < 1.29 is 19.4 Å². The minimum Gasteiger partial charge on any atom is -0.389 e. The lowest BCUT2D eigenvalue weighted by molar-refractivity contribution is 0.121. The molecule has 1 aromatic heterocycles. The van der Waals surface area contributed by atoms with Crippen molar-refractivity contribution in [2.75, 3.05) is 73.0 Å². The molecule has 2 saturated heterocycles. The van der Waals surface area contributed by atoms with Gasteiger partial charge < -0.3 is 35.0 Å². The van der Waals surface area contributed by atoms with Crippen molar-refractivity contribution in [2.24, 2.45) is 0 Å². The Balaban J connectivity index is 1.31. The van der Waals surface area contributed by atoms with Gasteiger partial charge in [-0.15, -0.1) is 0 Å². The highest BCUT2D eigenvalue weighted by molar-refractivity contribution is 5.99. The van der Waals surface area contributed by atoms with Gasteiger partial charge in [-0.05, 0) is 48.9 Å². The molecule has 0 spiro atoms. The van der Waals surface area contributed by atoms with Crippen LogP contribution in [0.4, 0.5) is 28.1 Å². The molecule has 5 rings (SSSR count). The summed E-state index contributed by atoms with van der Waals surface area (Å²) >= 11 is 0. The number of aliphatic hydroxyl groups is 1. The van der Waals surface area contributed by atoms with Gasteiger partial charge in [0.1, 0.15) is 0 Å². The van der Waals surface area contributed by atoms with E-state index in [1.807, 2.05) is 24.3 Å². The molecule has 2 aliphatic rings. The van der Waals surface area contributed by atoms with Gasteiger partial charge in [0, 0.05) is 43.1 Å². The molecule has 2 aliphatic heterocycles. The number of morpholine rings is 2. The van der Waals surface area contributed by atoms with Gasteiger partial charge in [0.2, 0.25) is 11.9 Å². The van der Waals surface area contributed by atoms with Crippen LogP contribution in [0.15, 0.2) is 48.5 Å². The molecule has 2 aromatic carbocycles. The number of aliphatic hydroxyl groups excluding tert-OH is 1. The van der Waals surface area contributed by atoms with Crippen LogP contribution in [0.3, 0.4) is 0 Å². The Morgan fingerprint density at radius 2 is 1.24 bits per heavy atom. The second-order valence-electron chi connectivity index (χ2n) is 8.91. The Bertz CT molecular complexity index is 1160. The van der Waals surface area contributed by atoms with Crippen molar-refractivity contribution in [1.82, 2.24) is 15.0 Å². The lowest BCUT2D eigenvalue weighted by atomic mass is 10.1. The summed E-state index contributed by atoms with van der Waals surface area (Å²) < 4.78 is 11.0. The van der Waals surface area contributed by atoms with Crippen LogP contribution in [0.1, 0.15) is 18.6 Å². The van der Waals surface area contributed by atoms with E-state index in [0.29, 0.717) is 55.5 Å².